The van der Waals surface area contributed by atoms with Crippen LogP contribution in [0.2, 0.25) is 0 Å². The van der Waals surface area contributed by atoms with Crippen molar-refractivity contribution in [2.24, 2.45) is 0 Å². The molecule has 0 bridgehead atoms. The average molecular weight is 264 g/mol. The number of anilines is 2. The molecular weight excluding hydrogens is 249 g/mol. The molecule has 0 radical (unpaired) electrons. The van der Waals surface area contributed by atoms with Gasteiger partial charge >= 0.3 is 6.18 Å². The SMILES string of the molecule is CNc1ncc(C)c(N(CCO)CC(F)(F)F)n1. The van der Waals surface area contributed by atoms with Crippen LogP contribution in [0.3, 0.4) is 0 Å². The van der Waals surface area contributed by atoms with E-state index < -0.39 is 12.7 Å². The topological polar surface area (TPSA) is 61.3 Å². The molecule has 0 saturated heterocycles. The molecule has 0 spiro atoms. The number of aliphatic hydroxyl groups is 1. The van der Waals surface area contributed by atoms with E-state index in [0.717, 1.165) is 4.90 Å². The summed E-state index contributed by atoms with van der Waals surface area (Å²) >= 11 is 0. The fourth-order valence-electron chi connectivity index (χ4n) is 1.47. The Morgan fingerprint density at radius 3 is 2.61 bits per heavy atom. The molecule has 0 aliphatic rings. The van der Waals surface area contributed by atoms with Crippen LogP contribution in [0, 0.1) is 6.92 Å². The number of hydrogen-bond donors (Lipinski definition) is 2. The summed E-state index contributed by atoms with van der Waals surface area (Å²) < 4.78 is 37.3. The Bertz CT molecular complexity index is 397. The molecule has 18 heavy (non-hydrogen) atoms. The first-order valence-electron chi connectivity index (χ1n) is 5.31. The summed E-state index contributed by atoms with van der Waals surface area (Å²) in [6.45, 7) is -0.0565. The Morgan fingerprint density at radius 2 is 2.11 bits per heavy atom. The van der Waals surface area contributed by atoms with Gasteiger partial charge in [-0.05, 0) is 6.92 Å². The van der Waals surface area contributed by atoms with Gasteiger partial charge in [0.1, 0.15) is 12.4 Å². The predicted octanol–water partition coefficient (Wildman–Crippen LogP) is 1.19. The lowest BCUT2D eigenvalue weighted by atomic mass is 10.3. The monoisotopic (exact) mass is 264 g/mol. The summed E-state index contributed by atoms with van der Waals surface area (Å²) in [6, 6.07) is 0. The third kappa shape index (κ3) is 4.02. The molecule has 102 valence electrons. The van der Waals surface area contributed by atoms with Gasteiger partial charge in [0, 0.05) is 25.4 Å². The molecule has 8 heteroatoms. The van der Waals surface area contributed by atoms with E-state index in [1.165, 1.54) is 6.20 Å². The van der Waals surface area contributed by atoms with Crippen molar-refractivity contribution >= 4 is 11.8 Å². The van der Waals surface area contributed by atoms with Gasteiger partial charge < -0.3 is 15.3 Å². The van der Waals surface area contributed by atoms with Gasteiger partial charge in [-0.3, -0.25) is 0 Å². The Kier molecular flexibility index (Phi) is 4.71. The quantitative estimate of drug-likeness (QED) is 0.836. The maximum Gasteiger partial charge on any atom is 0.405 e. The second-order valence-electron chi connectivity index (χ2n) is 3.71. The molecule has 0 aliphatic heterocycles. The molecule has 0 aliphatic carbocycles. The molecule has 0 unspecified atom stereocenters. The average Bonchev–Trinajstić information content (AvgIpc) is 2.27. The number of rotatable bonds is 5. The van der Waals surface area contributed by atoms with E-state index >= 15 is 0 Å². The standard InChI is InChI=1S/C10H15F3N4O/c1-7-5-15-9(14-2)16-8(7)17(3-4-18)6-10(11,12)13/h5,18H,3-4,6H2,1-2H3,(H,14,15,16). The lowest BCUT2D eigenvalue weighted by Gasteiger charge is -2.25. The van der Waals surface area contributed by atoms with Crippen molar-refractivity contribution in [3.63, 3.8) is 0 Å². The van der Waals surface area contributed by atoms with Crippen LogP contribution in [-0.4, -0.2) is 48.0 Å². The third-order valence-corrected chi connectivity index (χ3v) is 2.21. The highest BCUT2D eigenvalue weighted by Crippen LogP contribution is 2.23. The smallest absolute Gasteiger partial charge is 0.395 e. The van der Waals surface area contributed by atoms with Crippen molar-refractivity contribution in [1.29, 1.82) is 0 Å². The number of aryl methyl sites for hydroxylation is 1. The van der Waals surface area contributed by atoms with E-state index in [0.29, 0.717) is 5.56 Å². The zero-order valence-electron chi connectivity index (χ0n) is 10.1. The molecule has 2 N–H and O–H groups in total. The van der Waals surface area contributed by atoms with E-state index in [2.05, 4.69) is 15.3 Å². The molecule has 1 aromatic rings. The molecule has 0 saturated carbocycles. The Morgan fingerprint density at radius 1 is 1.44 bits per heavy atom. The van der Waals surface area contributed by atoms with Crippen molar-refractivity contribution < 1.29 is 18.3 Å². The minimum Gasteiger partial charge on any atom is -0.395 e. The first kappa shape index (κ1) is 14.5. The highest BCUT2D eigenvalue weighted by atomic mass is 19.4. The molecule has 0 amide bonds. The van der Waals surface area contributed by atoms with Crippen LogP contribution in [0.4, 0.5) is 24.9 Å². The molecule has 0 fully saturated rings. The highest BCUT2D eigenvalue weighted by molar-refractivity contribution is 5.49. The maximum atomic E-state index is 12.4. The number of aliphatic hydroxyl groups excluding tert-OH is 1. The van der Waals surface area contributed by atoms with Crippen molar-refractivity contribution in [2.75, 3.05) is 37.0 Å². The number of nitrogens with zero attached hydrogens (tertiary/aromatic N) is 3. The van der Waals surface area contributed by atoms with Crippen molar-refractivity contribution in [3.05, 3.63) is 11.8 Å². The molecule has 1 rings (SSSR count). The van der Waals surface area contributed by atoms with Crippen LogP contribution in [0.15, 0.2) is 6.20 Å². The summed E-state index contributed by atoms with van der Waals surface area (Å²) in [4.78, 5) is 8.87. The number of nitrogens with one attached hydrogen (secondary N) is 1. The second kappa shape index (κ2) is 5.85. The minimum absolute atomic E-state index is 0.138. The normalized spacial score (nSPS) is 11.4. The lowest BCUT2D eigenvalue weighted by Crippen LogP contribution is -2.37. The van der Waals surface area contributed by atoms with Gasteiger partial charge in [0.05, 0.1) is 6.61 Å². The predicted molar refractivity (Wildman–Crippen MR) is 61.7 cm³/mol. The zero-order valence-corrected chi connectivity index (χ0v) is 10.1. The van der Waals surface area contributed by atoms with Crippen LogP contribution in [0.25, 0.3) is 0 Å². The molecule has 1 heterocycles. The van der Waals surface area contributed by atoms with Gasteiger partial charge in [-0.1, -0.05) is 0 Å². The number of hydrogen-bond acceptors (Lipinski definition) is 5. The van der Waals surface area contributed by atoms with Crippen molar-refractivity contribution in [2.45, 2.75) is 13.1 Å². The summed E-state index contributed by atoms with van der Waals surface area (Å²) in [7, 11) is 1.58. The van der Waals surface area contributed by atoms with Gasteiger partial charge in [0.15, 0.2) is 0 Å². The summed E-state index contributed by atoms with van der Waals surface area (Å²) in [5.41, 5.74) is 0.520. The molecular formula is C10H15F3N4O. The van der Waals surface area contributed by atoms with Crippen molar-refractivity contribution in [3.8, 4) is 0 Å². The highest BCUT2D eigenvalue weighted by Gasteiger charge is 2.31. The molecule has 0 aromatic carbocycles. The minimum atomic E-state index is -4.35. The van der Waals surface area contributed by atoms with Gasteiger partial charge in [0.25, 0.3) is 0 Å². The number of halogens is 3. The van der Waals surface area contributed by atoms with E-state index in [9.17, 15) is 13.2 Å². The van der Waals surface area contributed by atoms with Gasteiger partial charge in [-0.15, -0.1) is 0 Å². The summed E-state index contributed by atoms with van der Waals surface area (Å²) in [5.74, 6) is 0.404. The van der Waals surface area contributed by atoms with E-state index in [4.69, 9.17) is 5.11 Å². The van der Waals surface area contributed by atoms with Gasteiger partial charge in [-0.25, -0.2) is 4.98 Å². The van der Waals surface area contributed by atoms with Crippen molar-refractivity contribution in [1.82, 2.24) is 9.97 Å². The van der Waals surface area contributed by atoms with Crippen LogP contribution >= 0.6 is 0 Å². The van der Waals surface area contributed by atoms with Crippen LogP contribution in [0.5, 0.6) is 0 Å². The lowest BCUT2D eigenvalue weighted by molar-refractivity contribution is -0.120. The van der Waals surface area contributed by atoms with Gasteiger partial charge in [-0.2, -0.15) is 18.2 Å². The van der Waals surface area contributed by atoms with Crippen LogP contribution < -0.4 is 10.2 Å². The maximum absolute atomic E-state index is 12.4. The third-order valence-electron chi connectivity index (χ3n) is 2.21. The van der Waals surface area contributed by atoms with E-state index in [-0.39, 0.29) is 24.9 Å². The van der Waals surface area contributed by atoms with Gasteiger partial charge in [0.2, 0.25) is 5.95 Å². The number of aromatic nitrogens is 2. The second-order valence-corrected chi connectivity index (χ2v) is 3.71. The van der Waals surface area contributed by atoms with E-state index in [1.807, 2.05) is 0 Å². The zero-order chi connectivity index (χ0) is 13.8. The fourth-order valence-corrected chi connectivity index (χ4v) is 1.47. The molecule has 0 atom stereocenters. The molecule has 5 nitrogen and oxygen atoms in total. The fraction of sp³-hybridized carbons (Fsp3) is 0.600. The first-order valence-corrected chi connectivity index (χ1v) is 5.31. The Hall–Kier alpha value is -1.57. The molecule has 1 aromatic heterocycles. The summed E-state index contributed by atoms with van der Waals surface area (Å²) in [6.07, 6.45) is -2.92. The van der Waals surface area contributed by atoms with E-state index in [1.54, 1.807) is 14.0 Å². The number of alkyl halides is 3. The van der Waals surface area contributed by atoms with Crippen LogP contribution in [0.1, 0.15) is 5.56 Å². The largest absolute Gasteiger partial charge is 0.405 e. The summed E-state index contributed by atoms with van der Waals surface area (Å²) in [5, 5.41) is 11.5. The first-order chi connectivity index (χ1) is 8.37. The Labute approximate surface area is 103 Å². The van der Waals surface area contributed by atoms with Crippen LogP contribution in [-0.2, 0) is 0 Å². The Balaban J connectivity index is 3.04.